The van der Waals surface area contributed by atoms with E-state index in [1.54, 1.807) is 19.4 Å². The van der Waals surface area contributed by atoms with E-state index in [2.05, 4.69) is 22.1 Å². The van der Waals surface area contributed by atoms with Crippen LogP contribution in [0.1, 0.15) is 22.4 Å². The Morgan fingerprint density at radius 2 is 1.96 bits per heavy atom. The smallest absolute Gasteiger partial charge is 0.248 e. The van der Waals surface area contributed by atoms with E-state index in [9.17, 15) is 4.79 Å². The van der Waals surface area contributed by atoms with Gasteiger partial charge in [0.1, 0.15) is 11.4 Å². The molecular formula is C24H20N2O2. The van der Waals surface area contributed by atoms with E-state index in [1.807, 2.05) is 67.6 Å². The molecule has 3 rings (SSSR count). The molecule has 0 aliphatic carbocycles. The zero-order valence-corrected chi connectivity index (χ0v) is 15.8. The van der Waals surface area contributed by atoms with Gasteiger partial charge in [0.15, 0.2) is 0 Å². The van der Waals surface area contributed by atoms with E-state index in [0.717, 1.165) is 22.4 Å². The van der Waals surface area contributed by atoms with Gasteiger partial charge in [0.2, 0.25) is 5.91 Å². The minimum Gasteiger partial charge on any atom is -0.496 e. The summed E-state index contributed by atoms with van der Waals surface area (Å²) in [6, 6.07) is 18.8. The Balaban J connectivity index is 1.70. The van der Waals surface area contributed by atoms with E-state index in [1.165, 1.54) is 6.08 Å². The zero-order chi connectivity index (χ0) is 19.8. The number of aromatic nitrogens is 1. The first-order valence-corrected chi connectivity index (χ1v) is 8.81. The number of benzene rings is 2. The number of hydrogen-bond acceptors (Lipinski definition) is 3. The molecule has 1 aromatic heterocycles. The lowest BCUT2D eigenvalue weighted by Crippen LogP contribution is -2.07. The van der Waals surface area contributed by atoms with Crippen molar-refractivity contribution in [2.24, 2.45) is 0 Å². The molecule has 0 aliphatic heterocycles. The lowest BCUT2D eigenvalue weighted by atomic mass is 10.1. The third-order valence-corrected chi connectivity index (χ3v) is 3.93. The number of nitrogens with one attached hydrogen (secondary N) is 1. The van der Waals surface area contributed by atoms with Crippen LogP contribution in [0.3, 0.4) is 0 Å². The van der Waals surface area contributed by atoms with Crippen molar-refractivity contribution < 1.29 is 9.53 Å². The predicted octanol–water partition coefficient (Wildman–Crippen LogP) is 4.45. The van der Waals surface area contributed by atoms with Crippen molar-refractivity contribution in [3.63, 3.8) is 0 Å². The highest BCUT2D eigenvalue weighted by Gasteiger charge is 2.02. The van der Waals surface area contributed by atoms with Gasteiger partial charge in [-0.15, -0.1) is 0 Å². The van der Waals surface area contributed by atoms with E-state index in [0.29, 0.717) is 11.4 Å². The Kier molecular flexibility index (Phi) is 6.22. The number of anilines is 1. The SMILES string of the molecule is COc1ccc(C)cc1/C=C/C(=O)Nc1cccc(C#Cc2ccccn2)c1. The molecular weight excluding hydrogens is 348 g/mol. The Hall–Kier alpha value is -3.84. The van der Waals surface area contributed by atoms with E-state index in [-0.39, 0.29) is 5.91 Å². The summed E-state index contributed by atoms with van der Waals surface area (Å²) in [6.45, 7) is 1.99. The van der Waals surface area contributed by atoms with Crippen molar-refractivity contribution in [2.45, 2.75) is 6.92 Å². The third-order valence-electron chi connectivity index (χ3n) is 3.93. The van der Waals surface area contributed by atoms with Crippen LogP contribution in [0.2, 0.25) is 0 Å². The van der Waals surface area contributed by atoms with Gasteiger partial charge in [0, 0.05) is 29.1 Å². The van der Waals surface area contributed by atoms with Crippen molar-refractivity contribution >= 4 is 17.7 Å². The summed E-state index contributed by atoms with van der Waals surface area (Å²) in [5.74, 6) is 6.56. The second-order valence-corrected chi connectivity index (χ2v) is 6.11. The standard InChI is InChI=1S/C24H20N2O2/c1-18-9-13-23(28-2)20(16-18)11-14-24(27)26-22-8-5-6-19(17-22)10-12-21-7-3-4-15-25-21/h3-9,11,13-17H,1-2H3,(H,26,27)/b14-11+. The largest absolute Gasteiger partial charge is 0.496 e. The minimum atomic E-state index is -0.224. The van der Waals surface area contributed by atoms with Crippen molar-refractivity contribution in [1.29, 1.82) is 0 Å². The first kappa shape index (κ1) is 18.9. The second-order valence-electron chi connectivity index (χ2n) is 6.11. The maximum atomic E-state index is 12.3. The summed E-state index contributed by atoms with van der Waals surface area (Å²) in [7, 11) is 1.61. The van der Waals surface area contributed by atoms with Crippen molar-refractivity contribution in [1.82, 2.24) is 4.98 Å². The molecule has 0 aliphatic rings. The van der Waals surface area contributed by atoms with Gasteiger partial charge >= 0.3 is 0 Å². The van der Waals surface area contributed by atoms with Crippen LogP contribution in [0.5, 0.6) is 5.75 Å². The Bertz CT molecular complexity index is 1060. The van der Waals surface area contributed by atoms with Gasteiger partial charge in [-0.2, -0.15) is 0 Å². The van der Waals surface area contributed by atoms with Crippen LogP contribution in [0.15, 0.2) is 72.9 Å². The Morgan fingerprint density at radius 3 is 2.75 bits per heavy atom. The molecule has 0 bridgehead atoms. The van der Waals surface area contributed by atoms with Crippen LogP contribution < -0.4 is 10.1 Å². The predicted molar refractivity (Wildman–Crippen MR) is 112 cm³/mol. The van der Waals surface area contributed by atoms with Crippen LogP contribution in [-0.2, 0) is 4.79 Å². The van der Waals surface area contributed by atoms with Crippen molar-refractivity contribution in [3.8, 4) is 17.6 Å². The molecule has 0 fully saturated rings. The molecule has 0 radical (unpaired) electrons. The molecule has 28 heavy (non-hydrogen) atoms. The fourth-order valence-corrected chi connectivity index (χ4v) is 2.58. The van der Waals surface area contributed by atoms with Crippen LogP contribution in [0, 0.1) is 18.8 Å². The molecule has 0 spiro atoms. The average molecular weight is 368 g/mol. The van der Waals surface area contributed by atoms with E-state index >= 15 is 0 Å². The number of hydrogen-bond donors (Lipinski definition) is 1. The molecule has 4 nitrogen and oxygen atoms in total. The summed E-state index contributed by atoms with van der Waals surface area (Å²) in [4.78, 5) is 16.5. The maximum Gasteiger partial charge on any atom is 0.248 e. The van der Waals surface area contributed by atoms with Gasteiger partial charge in [-0.05, 0) is 61.4 Å². The van der Waals surface area contributed by atoms with Gasteiger partial charge in [-0.1, -0.05) is 29.7 Å². The van der Waals surface area contributed by atoms with E-state index < -0.39 is 0 Å². The van der Waals surface area contributed by atoms with Crippen LogP contribution in [0.25, 0.3) is 6.08 Å². The normalized spacial score (nSPS) is 10.2. The number of amides is 1. The van der Waals surface area contributed by atoms with Gasteiger partial charge in [0.05, 0.1) is 7.11 Å². The third kappa shape index (κ3) is 5.33. The molecule has 0 unspecified atom stereocenters. The lowest BCUT2D eigenvalue weighted by molar-refractivity contribution is -0.111. The van der Waals surface area contributed by atoms with Crippen molar-refractivity contribution in [3.05, 3.63) is 95.3 Å². The van der Waals surface area contributed by atoms with Crippen molar-refractivity contribution in [2.75, 3.05) is 12.4 Å². The summed E-state index contributed by atoms with van der Waals surface area (Å²) in [6.07, 6.45) is 4.94. The Labute approximate surface area is 164 Å². The van der Waals surface area contributed by atoms with Crippen LogP contribution >= 0.6 is 0 Å². The molecule has 0 saturated heterocycles. The number of rotatable bonds is 4. The minimum absolute atomic E-state index is 0.224. The van der Waals surface area contributed by atoms with Gasteiger partial charge < -0.3 is 10.1 Å². The molecule has 1 heterocycles. The van der Waals surface area contributed by atoms with Gasteiger partial charge in [0.25, 0.3) is 0 Å². The molecule has 1 amide bonds. The summed E-state index contributed by atoms with van der Waals surface area (Å²) < 4.78 is 5.33. The number of pyridine rings is 1. The van der Waals surface area contributed by atoms with Gasteiger partial charge in [-0.25, -0.2) is 4.98 Å². The van der Waals surface area contributed by atoms with Crippen LogP contribution in [0.4, 0.5) is 5.69 Å². The lowest BCUT2D eigenvalue weighted by Gasteiger charge is -2.06. The number of aryl methyl sites for hydroxylation is 1. The number of methoxy groups -OCH3 is 1. The first-order valence-electron chi connectivity index (χ1n) is 8.81. The highest BCUT2D eigenvalue weighted by molar-refractivity contribution is 6.02. The van der Waals surface area contributed by atoms with E-state index in [4.69, 9.17) is 4.74 Å². The van der Waals surface area contributed by atoms with Gasteiger partial charge in [-0.3, -0.25) is 4.79 Å². The monoisotopic (exact) mass is 368 g/mol. The first-order chi connectivity index (χ1) is 13.6. The molecule has 4 heteroatoms. The summed E-state index contributed by atoms with van der Waals surface area (Å²) in [5, 5.41) is 2.85. The molecule has 2 aromatic carbocycles. The fourth-order valence-electron chi connectivity index (χ4n) is 2.58. The van der Waals surface area contributed by atoms with Crippen LogP contribution in [-0.4, -0.2) is 18.0 Å². The molecule has 0 atom stereocenters. The zero-order valence-electron chi connectivity index (χ0n) is 15.8. The average Bonchev–Trinajstić information content (AvgIpc) is 2.72. The second kappa shape index (κ2) is 9.20. The number of nitrogens with zero attached hydrogens (tertiary/aromatic N) is 1. The maximum absolute atomic E-state index is 12.3. The molecule has 138 valence electrons. The molecule has 1 N–H and O–H groups in total. The molecule has 0 saturated carbocycles. The highest BCUT2D eigenvalue weighted by Crippen LogP contribution is 2.21. The summed E-state index contributed by atoms with van der Waals surface area (Å²) >= 11 is 0. The Morgan fingerprint density at radius 1 is 1.07 bits per heavy atom. The highest BCUT2D eigenvalue weighted by atomic mass is 16.5. The topological polar surface area (TPSA) is 51.2 Å². The number of carbonyl (C=O) groups excluding carboxylic acids is 1. The quantitative estimate of drug-likeness (QED) is 0.547. The summed E-state index contributed by atoms with van der Waals surface area (Å²) in [5.41, 5.74) is 4.13. The number of ether oxygens (including phenoxy) is 1. The fraction of sp³-hybridized carbons (Fsp3) is 0.0833. The number of carbonyl (C=O) groups is 1. The molecule has 3 aromatic rings.